The maximum absolute atomic E-state index is 10.1. The molecule has 0 rings (SSSR count). The summed E-state index contributed by atoms with van der Waals surface area (Å²) in [7, 11) is 0. The summed E-state index contributed by atoms with van der Waals surface area (Å²) in [5.41, 5.74) is 0. The van der Waals surface area contributed by atoms with Crippen molar-refractivity contribution >= 4 is 18.2 Å². The summed E-state index contributed by atoms with van der Waals surface area (Å²) in [6.45, 7) is 0.654. The Bertz CT molecular complexity index is 311. The molecule has 6 nitrogen and oxygen atoms in total. The lowest BCUT2D eigenvalue weighted by Gasteiger charge is -2.06. The third-order valence-corrected chi connectivity index (χ3v) is 1.75. The quantitative estimate of drug-likeness (QED) is 0.332. The average molecular weight is 209 g/mol. The van der Waals surface area contributed by atoms with E-state index >= 15 is 0 Å². The summed E-state index contributed by atoms with van der Waals surface area (Å²) in [6, 6.07) is -0.221. The maximum Gasteiger partial charge on any atom is 0.235 e. The SMILES string of the molecule is O=C=NCCCC(CCN=C=O)N=C=O. The summed E-state index contributed by atoms with van der Waals surface area (Å²) in [5.74, 6) is 0. The van der Waals surface area contributed by atoms with E-state index in [9.17, 15) is 14.4 Å². The van der Waals surface area contributed by atoms with Gasteiger partial charge in [-0.2, -0.15) is 0 Å². The van der Waals surface area contributed by atoms with Crippen LogP contribution < -0.4 is 0 Å². The van der Waals surface area contributed by atoms with Crippen molar-refractivity contribution in [3.8, 4) is 0 Å². The standard InChI is InChI=1S/C9H11N3O3/c13-6-10-4-1-2-9(12-8-15)3-5-11-7-14/h9H,1-5H2. The molecule has 0 radical (unpaired) electrons. The van der Waals surface area contributed by atoms with Crippen LogP contribution in [0.5, 0.6) is 0 Å². The summed E-state index contributed by atoms with van der Waals surface area (Å²) in [6.07, 6.45) is 6.03. The van der Waals surface area contributed by atoms with E-state index in [0.717, 1.165) is 0 Å². The molecular formula is C9H11N3O3. The van der Waals surface area contributed by atoms with E-state index < -0.39 is 0 Å². The van der Waals surface area contributed by atoms with Crippen molar-refractivity contribution < 1.29 is 14.4 Å². The fourth-order valence-corrected chi connectivity index (χ4v) is 1.06. The minimum absolute atomic E-state index is 0.221. The topological polar surface area (TPSA) is 88.3 Å². The van der Waals surface area contributed by atoms with Gasteiger partial charge in [-0.1, -0.05) is 0 Å². The Morgan fingerprint density at radius 1 is 0.867 bits per heavy atom. The summed E-state index contributed by atoms with van der Waals surface area (Å²) < 4.78 is 0. The lowest BCUT2D eigenvalue weighted by atomic mass is 10.1. The molecule has 0 saturated carbocycles. The third kappa shape index (κ3) is 8.47. The number of aliphatic imine (C=N–C) groups is 3. The van der Waals surface area contributed by atoms with E-state index in [1.165, 1.54) is 18.2 Å². The van der Waals surface area contributed by atoms with E-state index in [4.69, 9.17) is 0 Å². The summed E-state index contributed by atoms with van der Waals surface area (Å²) in [4.78, 5) is 39.9. The first-order chi connectivity index (χ1) is 7.35. The molecule has 0 aromatic carbocycles. The molecule has 0 aromatic heterocycles. The molecule has 0 aromatic rings. The zero-order chi connectivity index (χ0) is 11.4. The highest BCUT2D eigenvalue weighted by Gasteiger charge is 2.05. The summed E-state index contributed by atoms with van der Waals surface area (Å²) >= 11 is 0. The molecule has 15 heavy (non-hydrogen) atoms. The molecular weight excluding hydrogens is 198 g/mol. The third-order valence-electron chi connectivity index (χ3n) is 1.75. The largest absolute Gasteiger partial charge is 0.235 e. The first kappa shape index (κ1) is 13.1. The molecule has 0 bridgehead atoms. The van der Waals surface area contributed by atoms with Crippen LogP contribution in [0.1, 0.15) is 19.3 Å². The molecule has 0 spiro atoms. The monoisotopic (exact) mass is 209 g/mol. The number of nitrogens with zero attached hydrogens (tertiary/aromatic N) is 3. The predicted molar refractivity (Wildman–Crippen MR) is 51.7 cm³/mol. The molecule has 0 aliphatic carbocycles. The highest BCUT2D eigenvalue weighted by atomic mass is 16.1. The van der Waals surface area contributed by atoms with Crippen LogP contribution in [0.2, 0.25) is 0 Å². The molecule has 0 fully saturated rings. The van der Waals surface area contributed by atoms with Crippen LogP contribution in [0.4, 0.5) is 0 Å². The van der Waals surface area contributed by atoms with E-state index in [2.05, 4.69) is 15.0 Å². The lowest BCUT2D eigenvalue weighted by Crippen LogP contribution is -2.06. The van der Waals surface area contributed by atoms with Gasteiger partial charge < -0.3 is 0 Å². The van der Waals surface area contributed by atoms with Crippen molar-refractivity contribution in [1.29, 1.82) is 0 Å². The first-order valence-electron chi connectivity index (χ1n) is 4.49. The number of carbonyl (C=O) groups excluding carboxylic acids is 3. The molecule has 0 heterocycles. The average Bonchev–Trinajstić information content (AvgIpc) is 2.24. The Hall–Kier alpha value is -1.86. The van der Waals surface area contributed by atoms with E-state index in [-0.39, 0.29) is 12.6 Å². The van der Waals surface area contributed by atoms with E-state index in [1.807, 2.05) is 0 Å². The van der Waals surface area contributed by atoms with Crippen molar-refractivity contribution in [1.82, 2.24) is 0 Å². The number of isocyanates is 3. The summed E-state index contributed by atoms with van der Waals surface area (Å²) in [5, 5.41) is 0. The van der Waals surface area contributed by atoms with Gasteiger partial charge in [0, 0.05) is 0 Å². The van der Waals surface area contributed by atoms with Crippen LogP contribution in [0.3, 0.4) is 0 Å². The fraction of sp³-hybridized carbons (Fsp3) is 0.667. The van der Waals surface area contributed by atoms with Crippen molar-refractivity contribution in [2.75, 3.05) is 13.1 Å². The van der Waals surface area contributed by atoms with Gasteiger partial charge in [0.1, 0.15) is 0 Å². The first-order valence-corrected chi connectivity index (χ1v) is 4.49. The maximum atomic E-state index is 10.1. The smallest absolute Gasteiger partial charge is 0.211 e. The Morgan fingerprint density at radius 3 is 2.13 bits per heavy atom. The zero-order valence-electron chi connectivity index (χ0n) is 8.18. The molecule has 6 heteroatoms. The van der Waals surface area contributed by atoms with Crippen LogP contribution in [0, 0.1) is 0 Å². The highest BCUT2D eigenvalue weighted by Crippen LogP contribution is 2.06. The van der Waals surface area contributed by atoms with Gasteiger partial charge in [-0.3, -0.25) is 0 Å². The Labute approximate surface area is 86.8 Å². The predicted octanol–water partition coefficient (Wildman–Crippen LogP) is 0.533. The zero-order valence-corrected chi connectivity index (χ0v) is 8.18. The van der Waals surface area contributed by atoms with Crippen molar-refractivity contribution in [2.45, 2.75) is 25.3 Å². The van der Waals surface area contributed by atoms with Crippen LogP contribution in [0.25, 0.3) is 0 Å². The van der Waals surface area contributed by atoms with Crippen LogP contribution in [0.15, 0.2) is 15.0 Å². The minimum Gasteiger partial charge on any atom is -0.211 e. The van der Waals surface area contributed by atoms with Gasteiger partial charge in [-0.05, 0) is 19.3 Å². The van der Waals surface area contributed by atoms with Gasteiger partial charge >= 0.3 is 0 Å². The van der Waals surface area contributed by atoms with Gasteiger partial charge in [-0.25, -0.2) is 29.4 Å². The Morgan fingerprint density at radius 2 is 1.53 bits per heavy atom. The molecule has 1 unspecified atom stereocenters. The van der Waals surface area contributed by atoms with Gasteiger partial charge in [0.25, 0.3) is 0 Å². The molecule has 0 amide bonds. The molecule has 0 aliphatic heterocycles. The van der Waals surface area contributed by atoms with Crippen molar-refractivity contribution in [3.05, 3.63) is 0 Å². The van der Waals surface area contributed by atoms with Crippen LogP contribution in [-0.4, -0.2) is 37.4 Å². The van der Waals surface area contributed by atoms with Crippen molar-refractivity contribution in [2.24, 2.45) is 15.0 Å². The number of rotatable bonds is 8. The van der Waals surface area contributed by atoms with Gasteiger partial charge in [0.05, 0.1) is 19.1 Å². The van der Waals surface area contributed by atoms with Crippen LogP contribution in [-0.2, 0) is 14.4 Å². The molecule has 80 valence electrons. The van der Waals surface area contributed by atoms with Gasteiger partial charge in [0.15, 0.2) is 0 Å². The highest BCUT2D eigenvalue weighted by molar-refractivity contribution is 5.34. The molecule has 0 N–H and O–H groups in total. The Balaban J connectivity index is 3.86. The second-order valence-electron chi connectivity index (χ2n) is 2.75. The van der Waals surface area contributed by atoms with Crippen molar-refractivity contribution in [3.63, 3.8) is 0 Å². The van der Waals surface area contributed by atoms with Crippen LogP contribution >= 0.6 is 0 Å². The molecule has 0 saturated heterocycles. The Kier molecular flexibility index (Phi) is 8.95. The number of hydrogen-bond donors (Lipinski definition) is 0. The second kappa shape index (κ2) is 10.2. The van der Waals surface area contributed by atoms with Gasteiger partial charge in [0.2, 0.25) is 18.2 Å². The van der Waals surface area contributed by atoms with Gasteiger partial charge in [-0.15, -0.1) is 0 Å². The van der Waals surface area contributed by atoms with E-state index in [1.54, 1.807) is 0 Å². The van der Waals surface area contributed by atoms with E-state index in [0.29, 0.717) is 25.8 Å². The minimum atomic E-state index is -0.221. The second-order valence-corrected chi connectivity index (χ2v) is 2.75. The molecule has 1 atom stereocenters. The fourth-order valence-electron chi connectivity index (χ4n) is 1.06. The normalized spacial score (nSPS) is 10.4. The lowest BCUT2D eigenvalue weighted by molar-refractivity contribution is 0.526. The molecule has 0 aliphatic rings. The number of hydrogen-bond acceptors (Lipinski definition) is 6.